The van der Waals surface area contributed by atoms with E-state index >= 15 is 0 Å². The van der Waals surface area contributed by atoms with Gasteiger partial charge in [-0.25, -0.2) is 4.79 Å². The van der Waals surface area contributed by atoms with Crippen molar-refractivity contribution in [2.45, 2.75) is 18.9 Å². The zero-order valence-corrected chi connectivity index (χ0v) is 11.2. The maximum Gasteiger partial charge on any atom is 0.343 e. The number of benzene rings is 1. The number of hydrogen-bond donors (Lipinski definition) is 1. The summed E-state index contributed by atoms with van der Waals surface area (Å²) in [6, 6.07) is 6.51. The molecular weight excluding hydrogens is 288 g/mol. The summed E-state index contributed by atoms with van der Waals surface area (Å²) in [6.45, 7) is 1.31. The van der Waals surface area contributed by atoms with E-state index in [1.54, 1.807) is 24.3 Å². The molecule has 1 aromatic rings. The highest BCUT2D eigenvalue weighted by Crippen LogP contribution is 2.28. The molecule has 0 saturated carbocycles. The molecule has 1 atom stereocenters. The lowest BCUT2D eigenvalue weighted by atomic mass is 9.89. The van der Waals surface area contributed by atoms with Crippen molar-refractivity contribution in [3.8, 4) is 0 Å². The summed E-state index contributed by atoms with van der Waals surface area (Å²) in [4.78, 5) is 22.8. The Balaban J connectivity index is 3.18. The van der Waals surface area contributed by atoms with Gasteiger partial charge in [0.1, 0.15) is 5.78 Å². The summed E-state index contributed by atoms with van der Waals surface area (Å²) in [5, 5.41) is 10.3. The average molecular weight is 301 g/mol. The number of carbonyl (C=O) groups is 2. The molecule has 0 aliphatic carbocycles. The van der Waals surface area contributed by atoms with Gasteiger partial charge in [0.05, 0.1) is 7.11 Å². The van der Waals surface area contributed by atoms with E-state index in [0.29, 0.717) is 5.56 Å². The van der Waals surface area contributed by atoms with Crippen LogP contribution in [0.2, 0.25) is 0 Å². The lowest BCUT2D eigenvalue weighted by Crippen LogP contribution is -2.38. The highest BCUT2D eigenvalue weighted by molar-refractivity contribution is 9.10. The third-order valence-corrected chi connectivity index (χ3v) is 2.88. The van der Waals surface area contributed by atoms with Crippen LogP contribution in [-0.2, 0) is 19.9 Å². The highest BCUT2D eigenvalue weighted by atomic mass is 79.9. The first kappa shape index (κ1) is 13.9. The van der Waals surface area contributed by atoms with Gasteiger partial charge in [-0.05, 0) is 24.6 Å². The first-order valence-electron chi connectivity index (χ1n) is 4.96. The van der Waals surface area contributed by atoms with Gasteiger partial charge in [0.15, 0.2) is 5.60 Å². The van der Waals surface area contributed by atoms with Crippen molar-refractivity contribution in [2.24, 2.45) is 0 Å². The van der Waals surface area contributed by atoms with E-state index in [9.17, 15) is 14.7 Å². The number of aliphatic hydroxyl groups is 1. The number of ether oxygens (including phenoxy) is 1. The third-order valence-electron chi connectivity index (χ3n) is 2.35. The van der Waals surface area contributed by atoms with Crippen LogP contribution in [-0.4, -0.2) is 24.0 Å². The maximum atomic E-state index is 11.6. The number of esters is 1. The molecule has 0 heterocycles. The second-order valence-corrected chi connectivity index (χ2v) is 4.65. The number of ketones is 1. The van der Waals surface area contributed by atoms with E-state index in [4.69, 9.17) is 0 Å². The standard InChI is InChI=1S/C12H13BrO4/c1-8(14)7-12(16,11(15)17-2)9-3-5-10(13)6-4-9/h3-6,16H,7H2,1-2H3/t12-/m1/s1. The molecule has 0 bridgehead atoms. The molecule has 4 nitrogen and oxygen atoms in total. The Kier molecular flexibility index (Phi) is 4.42. The maximum absolute atomic E-state index is 11.6. The largest absolute Gasteiger partial charge is 0.467 e. The van der Waals surface area contributed by atoms with E-state index < -0.39 is 11.6 Å². The smallest absolute Gasteiger partial charge is 0.343 e. The van der Waals surface area contributed by atoms with E-state index in [2.05, 4.69) is 20.7 Å². The van der Waals surface area contributed by atoms with Gasteiger partial charge in [0, 0.05) is 10.9 Å². The van der Waals surface area contributed by atoms with Crippen LogP contribution in [0.1, 0.15) is 18.9 Å². The van der Waals surface area contributed by atoms with Crippen molar-refractivity contribution in [2.75, 3.05) is 7.11 Å². The third kappa shape index (κ3) is 3.14. The molecule has 0 radical (unpaired) electrons. The van der Waals surface area contributed by atoms with Crippen molar-refractivity contribution in [3.63, 3.8) is 0 Å². The number of Topliss-reactive ketones (excluding diaryl/α,β-unsaturated/α-hetero) is 1. The zero-order chi connectivity index (χ0) is 13.1. The van der Waals surface area contributed by atoms with Crippen LogP contribution in [0.25, 0.3) is 0 Å². The van der Waals surface area contributed by atoms with E-state index in [0.717, 1.165) is 4.47 Å². The Morgan fingerprint density at radius 3 is 2.29 bits per heavy atom. The first-order chi connectivity index (χ1) is 7.90. The van der Waals surface area contributed by atoms with Crippen LogP contribution in [0.4, 0.5) is 0 Å². The zero-order valence-electron chi connectivity index (χ0n) is 9.57. The SMILES string of the molecule is COC(=O)[C@@](O)(CC(C)=O)c1ccc(Br)cc1. The Morgan fingerprint density at radius 1 is 1.35 bits per heavy atom. The van der Waals surface area contributed by atoms with Crippen LogP contribution in [0.5, 0.6) is 0 Å². The van der Waals surface area contributed by atoms with Crippen LogP contribution in [0.3, 0.4) is 0 Å². The molecule has 1 N–H and O–H groups in total. The lowest BCUT2D eigenvalue weighted by molar-refractivity contribution is -0.166. The summed E-state index contributed by atoms with van der Waals surface area (Å²) in [5.74, 6) is -1.13. The van der Waals surface area contributed by atoms with Gasteiger partial charge in [-0.1, -0.05) is 28.1 Å². The van der Waals surface area contributed by atoms with Gasteiger partial charge >= 0.3 is 5.97 Å². The van der Waals surface area contributed by atoms with Crippen LogP contribution < -0.4 is 0 Å². The van der Waals surface area contributed by atoms with Gasteiger partial charge < -0.3 is 9.84 Å². The van der Waals surface area contributed by atoms with E-state index in [1.807, 2.05) is 0 Å². The van der Waals surface area contributed by atoms with Gasteiger partial charge in [0.2, 0.25) is 0 Å². The number of hydrogen-bond acceptors (Lipinski definition) is 4. The van der Waals surface area contributed by atoms with Crippen molar-refractivity contribution in [3.05, 3.63) is 34.3 Å². The molecule has 1 aromatic carbocycles. The molecule has 17 heavy (non-hydrogen) atoms. The Bertz CT molecular complexity index is 427. The quantitative estimate of drug-likeness (QED) is 0.861. The van der Waals surface area contributed by atoms with Crippen LogP contribution >= 0.6 is 15.9 Å². The molecule has 0 saturated heterocycles. The predicted molar refractivity (Wildman–Crippen MR) is 65.4 cm³/mol. The van der Waals surface area contributed by atoms with E-state index in [1.165, 1.54) is 14.0 Å². The summed E-state index contributed by atoms with van der Waals surface area (Å²) < 4.78 is 5.36. The Morgan fingerprint density at radius 2 is 1.88 bits per heavy atom. The molecule has 0 aliphatic heterocycles. The van der Waals surface area contributed by atoms with Crippen LogP contribution in [0, 0.1) is 0 Å². The highest BCUT2D eigenvalue weighted by Gasteiger charge is 2.40. The van der Waals surface area contributed by atoms with Gasteiger partial charge in [-0.2, -0.15) is 0 Å². The Hall–Kier alpha value is -1.20. The average Bonchev–Trinajstić information content (AvgIpc) is 2.27. The van der Waals surface area contributed by atoms with Crippen LogP contribution in [0.15, 0.2) is 28.7 Å². The molecule has 0 spiro atoms. The fourth-order valence-electron chi connectivity index (χ4n) is 1.55. The fraction of sp³-hybridized carbons (Fsp3) is 0.333. The van der Waals surface area contributed by atoms with Gasteiger partial charge in [0.25, 0.3) is 0 Å². The lowest BCUT2D eigenvalue weighted by Gasteiger charge is -2.24. The summed E-state index contributed by atoms with van der Waals surface area (Å²) in [5.41, 5.74) is -1.58. The van der Waals surface area contributed by atoms with E-state index in [-0.39, 0.29) is 12.2 Å². The molecule has 0 unspecified atom stereocenters. The molecular formula is C12H13BrO4. The van der Waals surface area contributed by atoms with Gasteiger partial charge in [-0.15, -0.1) is 0 Å². The minimum atomic E-state index is -1.92. The number of carbonyl (C=O) groups excluding carboxylic acids is 2. The van der Waals surface area contributed by atoms with Crippen molar-refractivity contribution >= 4 is 27.7 Å². The second kappa shape index (κ2) is 5.42. The number of rotatable bonds is 4. The van der Waals surface area contributed by atoms with Crippen molar-refractivity contribution in [1.29, 1.82) is 0 Å². The topological polar surface area (TPSA) is 63.6 Å². The minimum Gasteiger partial charge on any atom is -0.467 e. The molecule has 0 amide bonds. The molecule has 0 aliphatic rings. The fourth-order valence-corrected chi connectivity index (χ4v) is 1.81. The normalized spacial score (nSPS) is 13.9. The molecule has 5 heteroatoms. The monoisotopic (exact) mass is 300 g/mol. The summed E-state index contributed by atoms with van der Waals surface area (Å²) in [7, 11) is 1.17. The molecule has 92 valence electrons. The van der Waals surface area contributed by atoms with Crippen molar-refractivity contribution in [1.82, 2.24) is 0 Å². The molecule has 0 fully saturated rings. The molecule has 1 rings (SSSR count). The second-order valence-electron chi connectivity index (χ2n) is 3.74. The van der Waals surface area contributed by atoms with Gasteiger partial charge in [-0.3, -0.25) is 4.79 Å². The minimum absolute atomic E-state index is 0.291. The first-order valence-corrected chi connectivity index (χ1v) is 5.75. The molecule has 0 aromatic heterocycles. The van der Waals surface area contributed by atoms with Crippen molar-refractivity contribution < 1.29 is 19.4 Å². The number of methoxy groups -OCH3 is 1. The summed E-state index contributed by atoms with van der Waals surface area (Å²) in [6.07, 6.45) is -0.304. The Labute approximate surface area is 108 Å². The summed E-state index contributed by atoms with van der Waals surface area (Å²) >= 11 is 3.25. The number of halogens is 1. The predicted octanol–water partition coefficient (Wildman–Crippen LogP) is 1.79.